The molecular weight excluding hydrogens is 316 g/mol. The van der Waals surface area contributed by atoms with Crippen LogP contribution in [-0.2, 0) is 9.22 Å². The van der Waals surface area contributed by atoms with E-state index in [2.05, 4.69) is 65.1 Å². The van der Waals surface area contributed by atoms with Gasteiger partial charge in [-0.1, -0.05) is 64.3 Å². The van der Waals surface area contributed by atoms with Crippen LogP contribution in [0.15, 0.2) is 24.3 Å². The zero-order valence-electron chi connectivity index (χ0n) is 16.6. The maximum atomic E-state index is 10.4. The van der Waals surface area contributed by atoms with E-state index in [9.17, 15) is 4.79 Å². The highest BCUT2D eigenvalue weighted by Gasteiger charge is 2.37. The normalized spacial score (nSPS) is 14.6. The summed E-state index contributed by atoms with van der Waals surface area (Å²) in [6, 6.07) is 0. The third kappa shape index (κ3) is 11.6. The SMILES string of the molecule is C[C@@H](/C=C/C=C\CCCCCCCC(=O)O)O[Si](C)(C)C(C)(C)C. The Labute approximate surface area is 150 Å². The van der Waals surface area contributed by atoms with Crippen molar-refractivity contribution in [3.63, 3.8) is 0 Å². The van der Waals surface area contributed by atoms with Crippen LogP contribution in [0.5, 0.6) is 0 Å². The molecule has 0 aromatic heterocycles. The molecule has 0 aliphatic carbocycles. The average Bonchev–Trinajstić information content (AvgIpc) is 2.42. The van der Waals surface area contributed by atoms with Crippen molar-refractivity contribution in [1.29, 1.82) is 0 Å². The molecule has 3 nitrogen and oxygen atoms in total. The Morgan fingerprint density at radius 3 is 2.25 bits per heavy atom. The summed E-state index contributed by atoms with van der Waals surface area (Å²) in [5.41, 5.74) is 0. The number of carboxylic acid groups (broad SMARTS) is 1. The quantitative estimate of drug-likeness (QED) is 0.253. The summed E-state index contributed by atoms with van der Waals surface area (Å²) in [6.07, 6.45) is 15.4. The van der Waals surface area contributed by atoms with Crippen LogP contribution in [0.1, 0.15) is 72.6 Å². The van der Waals surface area contributed by atoms with Gasteiger partial charge in [0, 0.05) is 6.42 Å². The van der Waals surface area contributed by atoms with Crippen LogP contribution in [-0.4, -0.2) is 25.5 Å². The second-order valence-electron chi connectivity index (χ2n) is 8.10. The molecule has 140 valence electrons. The van der Waals surface area contributed by atoms with Crippen molar-refractivity contribution < 1.29 is 14.3 Å². The van der Waals surface area contributed by atoms with E-state index in [1.165, 1.54) is 12.8 Å². The maximum Gasteiger partial charge on any atom is 0.303 e. The molecule has 0 saturated heterocycles. The van der Waals surface area contributed by atoms with E-state index in [1.54, 1.807) is 0 Å². The van der Waals surface area contributed by atoms with Crippen molar-refractivity contribution in [2.24, 2.45) is 0 Å². The highest BCUT2D eigenvalue weighted by atomic mass is 28.4. The number of carboxylic acids is 1. The van der Waals surface area contributed by atoms with E-state index >= 15 is 0 Å². The molecule has 0 aromatic rings. The van der Waals surface area contributed by atoms with Gasteiger partial charge in [0.1, 0.15) is 0 Å². The molecule has 0 heterocycles. The van der Waals surface area contributed by atoms with E-state index in [1.807, 2.05) is 0 Å². The first-order chi connectivity index (χ1) is 11.1. The van der Waals surface area contributed by atoms with Gasteiger partial charge in [0.15, 0.2) is 8.32 Å². The van der Waals surface area contributed by atoms with E-state index in [-0.39, 0.29) is 11.1 Å². The minimum absolute atomic E-state index is 0.157. The van der Waals surface area contributed by atoms with Gasteiger partial charge in [0.25, 0.3) is 0 Å². The molecule has 0 aliphatic rings. The second kappa shape index (κ2) is 11.6. The summed E-state index contributed by atoms with van der Waals surface area (Å²) >= 11 is 0. The molecule has 0 fully saturated rings. The summed E-state index contributed by atoms with van der Waals surface area (Å²) in [4.78, 5) is 10.4. The van der Waals surface area contributed by atoms with Crippen LogP contribution in [0.3, 0.4) is 0 Å². The largest absolute Gasteiger partial charge is 0.481 e. The lowest BCUT2D eigenvalue weighted by molar-refractivity contribution is -0.137. The van der Waals surface area contributed by atoms with Crippen LogP contribution >= 0.6 is 0 Å². The number of hydrogen-bond acceptors (Lipinski definition) is 2. The molecule has 0 aliphatic heterocycles. The van der Waals surface area contributed by atoms with E-state index in [4.69, 9.17) is 9.53 Å². The molecule has 0 bridgehead atoms. The van der Waals surface area contributed by atoms with Gasteiger partial charge in [-0.2, -0.15) is 0 Å². The molecule has 0 radical (unpaired) electrons. The van der Waals surface area contributed by atoms with Gasteiger partial charge in [-0.25, -0.2) is 0 Å². The van der Waals surface area contributed by atoms with Crippen molar-refractivity contribution in [2.45, 2.75) is 96.9 Å². The molecule has 0 saturated carbocycles. The molecule has 1 atom stereocenters. The van der Waals surface area contributed by atoms with Crippen LogP contribution in [0.4, 0.5) is 0 Å². The molecule has 0 rings (SSSR count). The smallest absolute Gasteiger partial charge is 0.303 e. The van der Waals surface area contributed by atoms with Crippen LogP contribution in [0.25, 0.3) is 0 Å². The third-order valence-corrected chi connectivity index (χ3v) is 9.25. The van der Waals surface area contributed by atoms with Crippen molar-refractivity contribution in [3.8, 4) is 0 Å². The molecule has 0 unspecified atom stereocenters. The standard InChI is InChI=1S/C20H38O3Si/c1-18(23-24(5,6)20(2,3)4)16-14-12-10-8-7-9-11-13-15-17-19(21)22/h10,12,14,16,18H,7-9,11,13,15,17H2,1-6H3,(H,21,22)/b12-10-,16-14+/t18-/m0/s1. The molecule has 4 heteroatoms. The second-order valence-corrected chi connectivity index (χ2v) is 12.9. The summed E-state index contributed by atoms with van der Waals surface area (Å²) in [5.74, 6) is -0.684. The molecule has 1 N–H and O–H groups in total. The first-order valence-corrected chi connectivity index (χ1v) is 12.2. The van der Waals surface area contributed by atoms with Gasteiger partial charge in [0.05, 0.1) is 6.10 Å². The topological polar surface area (TPSA) is 46.5 Å². The lowest BCUT2D eigenvalue weighted by Gasteiger charge is -2.37. The zero-order valence-corrected chi connectivity index (χ0v) is 17.6. The minimum atomic E-state index is -1.68. The third-order valence-electron chi connectivity index (χ3n) is 4.68. The Hall–Kier alpha value is -0.873. The van der Waals surface area contributed by atoms with Crippen molar-refractivity contribution in [2.75, 3.05) is 0 Å². The zero-order chi connectivity index (χ0) is 18.6. The number of allylic oxidation sites excluding steroid dienone is 3. The Morgan fingerprint density at radius 2 is 1.67 bits per heavy atom. The molecule has 0 amide bonds. The van der Waals surface area contributed by atoms with E-state index in [0.717, 1.165) is 25.7 Å². The molecular formula is C20H38O3Si. The maximum absolute atomic E-state index is 10.4. The van der Waals surface area contributed by atoms with Crippen LogP contribution in [0, 0.1) is 0 Å². The Balaban J connectivity index is 3.79. The lowest BCUT2D eigenvalue weighted by atomic mass is 10.1. The fourth-order valence-electron chi connectivity index (χ4n) is 2.14. The highest BCUT2D eigenvalue weighted by molar-refractivity contribution is 6.74. The van der Waals surface area contributed by atoms with Gasteiger partial charge in [-0.3, -0.25) is 4.79 Å². The molecule has 0 spiro atoms. The average molecular weight is 355 g/mol. The van der Waals surface area contributed by atoms with Gasteiger partial charge < -0.3 is 9.53 Å². The number of unbranched alkanes of at least 4 members (excludes halogenated alkanes) is 5. The van der Waals surface area contributed by atoms with Crippen molar-refractivity contribution in [1.82, 2.24) is 0 Å². The number of rotatable bonds is 12. The minimum Gasteiger partial charge on any atom is -0.481 e. The summed E-state index contributed by atoms with van der Waals surface area (Å²) < 4.78 is 6.28. The van der Waals surface area contributed by atoms with Crippen molar-refractivity contribution >= 4 is 14.3 Å². The van der Waals surface area contributed by atoms with Gasteiger partial charge in [-0.15, -0.1) is 0 Å². The van der Waals surface area contributed by atoms with Gasteiger partial charge in [0.2, 0.25) is 0 Å². The van der Waals surface area contributed by atoms with Crippen LogP contribution in [0.2, 0.25) is 18.1 Å². The Bertz CT molecular complexity index is 406. The Kier molecular flexibility index (Phi) is 11.2. The number of carbonyl (C=O) groups is 1. The molecule has 0 aromatic carbocycles. The summed E-state index contributed by atoms with van der Waals surface area (Å²) in [6.45, 7) is 13.5. The molecule has 24 heavy (non-hydrogen) atoms. The van der Waals surface area contributed by atoms with Crippen LogP contribution < -0.4 is 0 Å². The first-order valence-electron chi connectivity index (χ1n) is 9.29. The Morgan fingerprint density at radius 1 is 1.08 bits per heavy atom. The monoisotopic (exact) mass is 354 g/mol. The number of aliphatic carboxylic acids is 1. The first kappa shape index (κ1) is 23.1. The number of hydrogen-bond donors (Lipinski definition) is 1. The fourth-order valence-corrected chi connectivity index (χ4v) is 3.51. The fraction of sp³-hybridized carbons (Fsp3) is 0.750. The van der Waals surface area contributed by atoms with Gasteiger partial charge >= 0.3 is 5.97 Å². The predicted molar refractivity (Wildman–Crippen MR) is 106 cm³/mol. The van der Waals surface area contributed by atoms with E-state index < -0.39 is 14.3 Å². The predicted octanol–water partition coefficient (Wildman–Crippen LogP) is 6.32. The van der Waals surface area contributed by atoms with E-state index in [0.29, 0.717) is 6.42 Å². The van der Waals surface area contributed by atoms with Crippen molar-refractivity contribution in [3.05, 3.63) is 24.3 Å². The lowest BCUT2D eigenvalue weighted by Crippen LogP contribution is -2.42. The summed E-state index contributed by atoms with van der Waals surface area (Å²) in [5, 5.41) is 8.80. The highest BCUT2D eigenvalue weighted by Crippen LogP contribution is 2.37. The van der Waals surface area contributed by atoms with Gasteiger partial charge in [-0.05, 0) is 44.3 Å². The summed E-state index contributed by atoms with van der Waals surface area (Å²) in [7, 11) is -1.68.